The van der Waals surface area contributed by atoms with Crippen molar-refractivity contribution in [2.24, 2.45) is 0 Å². The lowest BCUT2D eigenvalue weighted by atomic mass is 10.2. The molecule has 0 bridgehead atoms. The summed E-state index contributed by atoms with van der Waals surface area (Å²) in [6.45, 7) is 0.474. The third kappa shape index (κ3) is 2.28. The minimum absolute atomic E-state index is 0.420. The number of H-pyrrole nitrogens is 1. The fraction of sp³-hybridized carbons (Fsp3) is 0.0769. The van der Waals surface area contributed by atoms with E-state index in [2.05, 4.69) is 15.0 Å². The first-order valence-corrected chi connectivity index (χ1v) is 5.87. The fourth-order valence-electron chi connectivity index (χ4n) is 1.66. The van der Waals surface area contributed by atoms with Gasteiger partial charge in [-0.15, -0.1) is 0 Å². The first kappa shape index (κ1) is 11.0. The Balaban J connectivity index is 1.79. The number of fused-ring (bicyclic) bond motifs is 1. The molecule has 0 aliphatic carbocycles. The molecule has 2 aromatic heterocycles. The third-order valence-electron chi connectivity index (χ3n) is 2.53. The van der Waals surface area contributed by atoms with Crippen molar-refractivity contribution in [3.63, 3.8) is 0 Å². The summed E-state index contributed by atoms with van der Waals surface area (Å²) < 4.78 is 5.58. The molecule has 0 spiro atoms. The summed E-state index contributed by atoms with van der Waals surface area (Å²) in [5.74, 6) is 0. The molecule has 0 unspecified atom stereocenters. The number of rotatable bonds is 3. The van der Waals surface area contributed by atoms with Crippen molar-refractivity contribution in [1.82, 2.24) is 15.0 Å². The summed E-state index contributed by atoms with van der Waals surface area (Å²) in [6.07, 6.45) is 1.64. The molecule has 0 saturated heterocycles. The molecular formula is C13H10ClN3O. The number of benzene rings is 1. The van der Waals surface area contributed by atoms with Crippen molar-refractivity contribution in [3.8, 4) is 6.01 Å². The van der Waals surface area contributed by atoms with Crippen molar-refractivity contribution < 1.29 is 4.74 Å². The van der Waals surface area contributed by atoms with Crippen molar-refractivity contribution in [1.29, 1.82) is 0 Å². The Hall–Kier alpha value is -2.07. The topological polar surface area (TPSA) is 50.8 Å². The number of hydrogen-bond donors (Lipinski definition) is 1. The van der Waals surface area contributed by atoms with Gasteiger partial charge in [-0.3, -0.25) is 0 Å². The molecule has 4 nitrogen and oxygen atoms in total. The summed E-state index contributed by atoms with van der Waals surface area (Å²) >= 11 is 5.80. The summed E-state index contributed by atoms with van der Waals surface area (Å²) in [5.41, 5.74) is 2.65. The molecule has 0 fully saturated rings. The van der Waals surface area contributed by atoms with E-state index in [1.54, 1.807) is 12.3 Å². The number of imidazole rings is 1. The summed E-state index contributed by atoms with van der Waals surface area (Å²) in [5, 5.41) is 0.420. The average molecular weight is 260 g/mol. The minimum atomic E-state index is 0.420. The van der Waals surface area contributed by atoms with Gasteiger partial charge in [-0.05, 0) is 5.56 Å². The monoisotopic (exact) mass is 259 g/mol. The van der Waals surface area contributed by atoms with Crippen LogP contribution in [0.2, 0.25) is 5.15 Å². The van der Waals surface area contributed by atoms with Crippen LogP contribution in [-0.2, 0) is 6.61 Å². The first-order valence-electron chi connectivity index (χ1n) is 5.49. The molecule has 18 heavy (non-hydrogen) atoms. The van der Waals surface area contributed by atoms with E-state index in [1.807, 2.05) is 30.3 Å². The maximum absolute atomic E-state index is 5.80. The van der Waals surface area contributed by atoms with Crippen LogP contribution in [-0.4, -0.2) is 15.0 Å². The molecule has 0 aliphatic rings. The van der Waals surface area contributed by atoms with Crippen LogP contribution in [0.4, 0.5) is 0 Å². The van der Waals surface area contributed by atoms with Crippen LogP contribution in [0.15, 0.2) is 42.6 Å². The Labute approximate surface area is 109 Å². The van der Waals surface area contributed by atoms with Crippen LogP contribution in [0, 0.1) is 0 Å². The second kappa shape index (κ2) is 4.66. The fourth-order valence-corrected chi connectivity index (χ4v) is 1.81. The number of nitrogens with one attached hydrogen (secondary N) is 1. The third-order valence-corrected chi connectivity index (χ3v) is 2.74. The number of nitrogens with zero attached hydrogens (tertiary/aromatic N) is 2. The van der Waals surface area contributed by atoms with Gasteiger partial charge in [0.25, 0.3) is 6.01 Å². The van der Waals surface area contributed by atoms with E-state index >= 15 is 0 Å². The molecule has 90 valence electrons. The molecule has 5 heteroatoms. The Morgan fingerprint density at radius 3 is 2.89 bits per heavy atom. The second-order valence-electron chi connectivity index (χ2n) is 3.84. The highest BCUT2D eigenvalue weighted by Gasteiger charge is 2.04. The Morgan fingerprint density at radius 2 is 2.06 bits per heavy atom. The number of aromatic nitrogens is 3. The Bertz CT molecular complexity index is 666. The van der Waals surface area contributed by atoms with E-state index < -0.39 is 0 Å². The SMILES string of the molecule is Clc1cc2nc(OCc3ccccc3)[nH]c2cn1. The zero-order valence-electron chi connectivity index (χ0n) is 9.43. The van der Waals surface area contributed by atoms with Crippen molar-refractivity contribution in [2.75, 3.05) is 0 Å². The highest BCUT2D eigenvalue weighted by atomic mass is 35.5. The molecule has 0 saturated carbocycles. The van der Waals surface area contributed by atoms with Crippen LogP contribution in [0.5, 0.6) is 6.01 Å². The van der Waals surface area contributed by atoms with Gasteiger partial charge in [0.1, 0.15) is 11.8 Å². The lowest BCUT2D eigenvalue weighted by Gasteiger charge is -2.01. The van der Waals surface area contributed by atoms with E-state index in [1.165, 1.54) is 0 Å². The van der Waals surface area contributed by atoms with Gasteiger partial charge < -0.3 is 9.72 Å². The zero-order chi connectivity index (χ0) is 12.4. The molecule has 1 aromatic carbocycles. The number of halogens is 1. The molecule has 3 rings (SSSR count). The molecule has 2 heterocycles. The molecule has 0 aliphatic heterocycles. The van der Waals surface area contributed by atoms with Crippen molar-refractivity contribution in [2.45, 2.75) is 6.61 Å². The molecule has 0 amide bonds. The Morgan fingerprint density at radius 1 is 1.22 bits per heavy atom. The van der Waals surface area contributed by atoms with E-state index in [9.17, 15) is 0 Å². The van der Waals surface area contributed by atoms with E-state index in [4.69, 9.17) is 16.3 Å². The van der Waals surface area contributed by atoms with Gasteiger partial charge in [-0.2, -0.15) is 4.98 Å². The molecule has 1 N–H and O–H groups in total. The van der Waals surface area contributed by atoms with Crippen LogP contribution in [0.1, 0.15) is 5.56 Å². The van der Waals surface area contributed by atoms with Gasteiger partial charge in [0.15, 0.2) is 0 Å². The van der Waals surface area contributed by atoms with Gasteiger partial charge in [0, 0.05) is 6.07 Å². The van der Waals surface area contributed by atoms with Crippen molar-refractivity contribution >= 4 is 22.6 Å². The average Bonchev–Trinajstić information content (AvgIpc) is 2.79. The predicted octanol–water partition coefficient (Wildman–Crippen LogP) is 3.19. The highest BCUT2D eigenvalue weighted by Crippen LogP contribution is 2.18. The van der Waals surface area contributed by atoms with E-state index in [-0.39, 0.29) is 0 Å². The lowest BCUT2D eigenvalue weighted by molar-refractivity contribution is 0.285. The second-order valence-corrected chi connectivity index (χ2v) is 4.23. The zero-order valence-corrected chi connectivity index (χ0v) is 10.2. The summed E-state index contributed by atoms with van der Waals surface area (Å²) in [7, 11) is 0. The normalized spacial score (nSPS) is 10.7. The quantitative estimate of drug-likeness (QED) is 0.735. The molecule has 3 aromatic rings. The molecule has 0 atom stereocenters. The van der Waals surface area contributed by atoms with Crippen LogP contribution in [0.3, 0.4) is 0 Å². The van der Waals surface area contributed by atoms with E-state index in [0.717, 1.165) is 16.6 Å². The van der Waals surface area contributed by atoms with Crippen molar-refractivity contribution in [3.05, 3.63) is 53.3 Å². The summed E-state index contributed by atoms with van der Waals surface area (Å²) in [4.78, 5) is 11.3. The van der Waals surface area contributed by atoms with E-state index in [0.29, 0.717) is 17.8 Å². The number of aromatic amines is 1. The first-order chi connectivity index (χ1) is 8.81. The van der Waals surface area contributed by atoms with Gasteiger partial charge >= 0.3 is 0 Å². The minimum Gasteiger partial charge on any atom is -0.460 e. The number of hydrogen-bond acceptors (Lipinski definition) is 3. The predicted molar refractivity (Wildman–Crippen MR) is 69.7 cm³/mol. The van der Waals surface area contributed by atoms with Crippen LogP contribution < -0.4 is 4.74 Å². The molecule has 0 radical (unpaired) electrons. The van der Waals surface area contributed by atoms with Crippen LogP contribution in [0.25, 0.3) is 11.0 Å². The maximum atomic E-state index is 5.80. The smallest absolute Gasteiger partial charge is 0.294 e. The van der Waals surface area contributed by atoms with Gasteiger partial charge in [0.2, 0.25) is 0 Å². The van der Waals surface area contributed by atoms with Gasteiger partial charge in [-0.25, -0.2) is 4.98 Å². The van der Waals surface area contributed by atoms with Gasteiger partial charge in [-0.1, -0.05) is 41.9 Å². The highest BCUT2D eigenvalue weighted by molar-refractivity contribution is 6.29. The Kier molecular flexibility index (Phi) is 2.86. The van der Waals surface area contributed by atoms with Gasteiger partial charge in [0.05, 0.1) is 17.2 Å². The summed E-state index contributed by atoms with van der Waals surface area (Å²) in [6, 6.07) is 12.1. The van der Waals surface area contributed by atoms with Crippen LogP contribution >= 0.6 is 11.6 Å². The lowest BCUT2D eigenvalue weighted by Crippen LogP contribution is -1.95. The molecular weight excluding hydrogens is 250 g/mol. The standard InChI is InChI=1S/C13H10ClN3O/c14-12-6-10-11(7-15-12)17-13(16-10)18-8-9-4-2-1-3-5-9/h1-7H,8H2,(H,16,17). The number of pyridine rings is 1. The maximum Gasteiger partial charge on any atom is 0.294 e. The largest absolute Gasteiger partial charge is 0.460 e. The number of ether oxygens (including phenoxy) is 1.